The van der Waals surface area contributed by atoms with Crippen molar-refractivity contribution in [3.63, 3.8) is 0 Å². The van der Waals surface area contributed by atoms with E-state index in [9.17, 15) is 13.6 Å². The number of carbonyl (C=O) groups excluding carboxylic acids is 1. The van der Waals surface area contributed by atoms with Crippen molar-refractivity contribution in [3.8, 4) is 0 Å². The molecule has 0 saturated carbocycles. The molecular weight excluding hydrogens is 434 g/mol. The van der Waals surface area contributed by atoms with Gasteiger partial charge in [0.05, 0.1) is 18.8 Å². The first-order chi connectivity index (χ1) is 15.5. The summed E-state index contributed by atoms with van der Waals surface area (Å²) in [6.07, 6.45) is 2.59. The summed E-state index contributed by atoms with van der Waals surface area (Å²) in [5, 5.41) is 3.27. The number of amidine groups is 1. The lowest BCUT2D eigenvalue weighted by atomic mass is 9.74. The van der Waals surface area contributed by atoms with Crippen molar-refractivity contribution in [1.29, 1.82) is 0 Å². The molecule has 0 unspecified atom stereocenters. The molecule has 32 heavy (non-hydrogen) atoms. The molecule has 5 nitrogen and oxygen atoms in total. The molecule has 0 radical (unpaired) electrons. The van der Waals surface area contributed by atoms with E-state index in [0.29, 0.717) is 28.5 Å². The molecule has 2 aromatic carbocycles. The van der Waals surface area contributed by atoms with E-state index in [1.54, 1.807) is 24.3 Å². The highest BCUT2D eigenvalue weighted by Crippen LogP contribution is 2.48. The van der Waals surface area contributed by atoms with Gasteiger partial charge >= 0.3 is 0 Å². The number of ether oxygens (including phenoxy) is 2. The summed E-state index contributed by atoms with van der Waals surface area (Å²) < 4.78 is 40.6. The van der Waals surface area contributed by atoms with Gasteiger partial charge in [0, 0.05) is 35.5 Å². The molecule has 2 aromatic rings. The zero-order valence-corrected chi connectivity index (χ0v) is 18.2. The summed E-state index contributed by atoms with van der Waals surface area (Å²) in [4.78, 5) is 17.5. The van der Waals surface area contributed by atoms with Crippen LogP contribution in [0.25, 0.3) is 0 Å². The van der Waals surface area contributed by atoms with Crippen LogP contribution in [0.3, 0.4) is 0 Å². The Labute approximate surface area is 189 Å². The number of nitrogens with one attached hydrogen (secondary N) is 1. The third-order valence-corrected chi connectivity index (χ3v) is 7.50. The summed E-state index contributed by atoms with van der Waals surface area (Å²) in [6.45, 7) is 0.880. The number of aliphatic imine (C=N–C) groups is 1. The van der Waals surface area contributed by atoms with Gasteiger partial charge < -0.3 is 14.8 Å². The maximum atomic E-state index is 15.0. The number of thioether (sulfide) groups is 1. The fraction of sp³-hybridized carbons (Fsp3) is 0.417. The molecule has 8 heteroatoms. The Balaban J connectivity index is 1.47. The standard InChI is InChI=1S/C24H24F2N2O3S/c25-17-8-9-18(19(26)12-17)24-14-31-21(20-7-4-10-30-20)11-16(24)13-32-23(28-24)27-22(29)15-5-2-1-3-6-15/h1-3,5-6,8-9,12,16,20-21H,4,7,10-11,13-14H2,(H,27,28,29)/t16-,20-,21+,24-/m0/s1. The van der Waals surface area contributed by atoms with Crippen LogP contribution < -0.4 is 5.32 Å². The van der Waals surface area contributed by atoms with E-state index < -0.39 is 17.2 Å². The third kappa shape index (κ3) is 4.07. The molecule has 3 aliphatic heterocycles. The van der Waals surface area contributed by atoms with Crippen molar-refractivity contribution >= 4 is 22.8 Å². The van der Waals surface area contributed by atoms with Gasteiger partial charge in [-0.2, -0.15) is 0 Å². The molecule has 4 atom stereocenters. The number of hydrogen-bond donors (Lipinski definition) is 1. The Morgan fingerprint density at radius 3 is 2.72 bits per heavy atom. The van der Waals surface area contributed by atoms with Crippen molar-refractivity contribution in [1.82, 2.24) is 5.32 Å². The SMILES string of the molecule is O=C(NC1=N[C@@]2(c3ccc(F)cc3F)CO[C@@H]([C@@H]3CCCO3)C[C@H]2CS1)c1ccccc1. The molecule has 5 rings (SSSR count). The van der Waals surface area contributed by atoms with Crippen LogP contribution in [-0.4, -0.2) is 42.2 Å². The number of carbonyl (C=O) groups is 1. The number of halogens is 2. The first-order valence-electron chi connectivity index (χ1n) is 10.8. The van der Waals surface area contributed by atoms with Crippen molar-refractivity contribution in [2.24, 2.45) is 10.9 Å². The lowest BCUT2D eigenvalue weighted by Crippen LogP contribution is -2.53. The Kier molecular flexibility index (Phi) is 6.01. The van der Waals surface area contributed by atoms with Crippen LogP contribution in [0.1, 0.15) is 35.2 Å². The molecule has 1 N–H and O–H groups in total. The number of nitrogens with zero attached hydrogens (tertiary/aromatic N) is 1. The minimum Gasteiger partial charge on any atom is -0.376 e. The maximum absolute atomic E-state index is 15.0. The molecule has 0 spiro atoms. The number of rotatable bonds is 3. The maximum Gasteiger partial charge on any atom is 0.257 e. The molecular formula is C24H24F2N2O3S. The second kappa shape index (κ2) is 8.92. The van der Waals surface area contributed by atoms with Crippen LogP contribution in [0.2, 0.25) is 0 Å². The van der Waals surface area contributed by atoms with E-state index in [0.717, 1.165) is 25.5 Å². The topological polar surface area (TPSA) is 59.9 Å². The van der Waals surface area contributed by atoms with E-state index in [4.69, 9.17) is 14.5 Å². The molecule has 0 aliphatic carbocycles. The Hall–Kier alpha value is -2.29. The average molecular weight is 459 g/mol. The van der Waals surface area contributed by atoms with E-state index in [1.807, 2.05) is 6.07 Å². The predicted molar refractivity (Wildman–Crippen MR) is 119 cm³/mol. The smallest absolute Gasteiger partial charge is 0.257 e. The Morgan fingerprint density at radius 2 is 1.97 bits per heavy atom. The first kappa shape index (κ1) is 21.6. The van der Waals surface area contributed by atoms with Gasteiger partial charge in [-0.05, 0) is 37.5 Å². The van der Waals surface area contributed by atoms with Gasteiger partial charge in [-0.3, -0.25) is 4.79 Å². The molecule has 1 amide bonds. The molecule has 3 aliphatic rings. The summed E-state index contributed by atoms with van der Waals surface area (Å²) in [5.41, 5.74) is -0.225. The van der Waals surface area contributed by atoms with Crippen LogP contribution in [0.5, 0.6) is 0 Å². The van der Waals surface area contributed by atoms with Crippen molar-refractivity contribution in [2.45, 2.75) is 37.0 Å². The largest absolute Gasteiger partial charge is 0.376 e. The number of hydrogen-bond acceptors (Lipinski definition) is 5. The fourth-order valence-electron chi connectivity index (χ4n) is 4.79. The van der Waals surface area contributed by atoms with Gasteiger partial charge in [0.2, 0.25) is 0 Å². The third-order valence-electron chi connectivity index (χ3n) is 6.47. The molecule has 2 fully saturated rings. The number of benzene rings is 2. The van der Waals surface area contributed by atoms with Crippen LogP contribution in [0.15, 0.2) is 53.5 Å². The van der Waals surface area contributed by atoms with Gasteiger partial charge in [-0.15, -0.1) is 0 Å². The fourth-order valence-corrected chi connectivity index (χ4v) is 5.96. The van der Waals surface area contributed by atoms with Crippen LogP contribution >= 0.6 is 11.8 Å². The van der Waals surface area contributed by atoms with Crippen molar-refractivity contribution in [3.05, 3.63) is 71.3 Å². The van der Waals surface area contributed by atoms with Gasteiger partial charge in [0.25, 0.3) is 5.91 Å². The zero-order valence-electron chi connectivity index (χ0n) is 17.4. The summed E-state index contributed by atoms with van der Waals surface area (Å²) in [6, 6.07) is 12.4. The van der Waals surface area contributed by atoms with Gasteiger partial charge in [-0.25, -0.2) is 13.8 Å². The molecule has 168 valence electrons. The van der Waals surface area contributed by atoms with Crippen LogP contribution in [-0.2, 0) is 15.0 Å². The minimum absolute atomic E-state index is 0.0345. The second-order valence-electron chi connectivity index (χ2n) is 8.43. The zero-order chi connectivity index (χ0) is 22.1. The van der Waals surface area contributed by atoms with Gasteiger partial charge in [0.1, 0.15) is 17.2 Å². The summed E-state index contributed by atoms with van der Waals surface area (Å²) in [5.74, 6) is -0.970. The monoisotopic (exact) mass is 458 g/mol. The molecule has 2 saturated heterocycles. The van der Waals surface area contributed by atoms with Crippen molar-refractivity contribution < 1.29 is 23.0 Å². The Morgan fingerprint density at radius 1 is 1.12 bits per heavy atom. The highest BCUT2D eigenvalue weighted by molar-refractivity contribution is 8.13. The van der Waals surface area contributed by atoms with E-state index in [-0.39, 0.29) is 30.6 Å². The highest BCUT2D eigenvalue weighted by Gasteiger charge is 2.51. The van der Waals surface area contributed by atoms with Crippen molar-refractivity contribution in [2.75, 3.05) is 19.0 Å². The van der Waals surface area contributed by atoms with E-state index in [1.165, 1.54) is 23.9 Å². The number of amides is 1. The lowest BCUT2D eigenvalue weighted by Gasteiger charge is -2.47. The minimum atomic E-state index is -1.03. The van der Waals surface area contributed by atoms with E-state index >= 15 is 0 Å². The van der Waals surface area contributed by atoms with Crippen LogP contribution in [0.4, 0.5) is 8.78 Å². The molecule has 3 heterocycles. The normalized spacial score (nSPS) is 29.8. The summed E-state index contributed by atoms with van der Waals surface area (Å²) >= 11 is 1.44. The summed E-state index contributed by atoms with van der Waals surface area (Å²) in [7, 11) is 0. The first-order valence-corrected chi connectivity index (χ1v) is 11.8. The van der Waals surface area contributed by atoms with Gasteiger partial charge in [-0.1, -0.05) is 36.0 Å². The number of fused-ring (bicyclic) bond motifs is 1. The lowest BCUT2D eigenvalue weighted by molar-refractivity contribution is -0.113. The van der Waals surface area contributed by atoms with E-state index in [2.05, 4.69) is 5.32 Å². The predicted octanol–water partition coefficient (Wildman–Crippen LogP) is 4.28. The van der Waals surface area contributed by atoms with Crippen LogP contribution in [0, 0.1) is 17.6 Å². The quantitative estimate of drug-likeness (QED) is 0.746. The highest BCUT2D eigenvalue weighted by atomic mass is 32.2. The van der Waals surface area contributed by atoms with Gasteiger partial charge in [0.15, 0.2) is 5.17 Å². The molecule has 0 bridgehead atoms. The molecule has 0 aromatic heterocycles. The Bertz CT molecular complexity index is 1030. The average Bonchev–Trinajstić information content (AvgIpc) is 3.34. The second-order valence-corrected chi connectivity index (χ2v) is 9.44.